The molecule has 0 atom stereocenters. The number of rotatable bonds is 9. The lowest BCUT2D eigenvalue weighted by molar-refractivity contribution is 0.584. The Balaban J connectivity index is 1.96. The third-order valence-electron chi connectivity index (χ3n) is 3.42. The van der Waals surface area contributed by atoms with Crippen LogP contribution in [-0.4, -0.2) is 28.1 Å². The Labute approximate surface area is 126 Å². The van der Waals surface area contributed by atoms with Gasteiger partial charge >= 0.3 is 0 Å². The molecule has 0 amide bonds. The third kappa shape index (κ3) is 4.00. The maximum atomic E-state index is 4.76. The molecule has 1 aromatic carbocycles. The summed E-state index contributed by atoms with van der Waals surface area (Å²) in [4.78, 5) is 4.76. The molecule has 0 aliphatic rings. The summed E-state index contributed by atoms with van der Waals surface area (Å²) in [5, 5.41) is 3.53. The van der Waals surface area contributed by atoms with E-state index in [9.17, 15) is 0 Å². The first kappa shape index (κ1) is 15.4. The van der Waals surface area contributed by atoms with Gasteiger partial charge in [0.2, 0.25) is 0 Å². The zero-order chi connectivity index (χ0) is 14.2. The van der Waals surface area contributed by atoms with E-state index < -0.39 is 0 Å². The Hall–Kier alpha value is -1.00. The molecular weight excluding hydrogens is 266 g/mol. The molecule has 20 heavy (non-hydrogen) atoms. The molecule has 110 valence electrons. The number of nitrogens with one attached hydrogen (secondary N) is 1. The Bertz CT molecular complexity index is 521. The van der Waals surface area contributed by atoms with E-state index in [4.69, 9.17) is 4.98 Å². The average Bonchev–Trinajstić information content (AvgIpc) is 2.81. The fourth-order valence-corrected chi connectivity index (χ4v) is 2.92. The fraction of sp³-hybridized carbons (Fsp3) is 0.562. The highest BCUT2D eigenvalue weighted by Gasteiger charge is 2.08. The van der Waals surface area contributed by atoms with Crippen molar-refractivity contribution in [2.24, 2.45) is 0 Å². The highest BCUT2D eigenvalue weighted by atomic mass is 32.2. The fourth-order valence-electron chi connectivity index (χ4n) is 2.43. The van der Waals surface area contributed by atoms with Gasteiger partial charge in [0.25, 0.3) is 0 Å². The van der Waals surface area contributed by atoms with Crippen LogP contribution >= 0.6 is 11.8 Å². The molecule has 0 radical (unpaired) electrons. The molecule has 0 unspecified atom stereocenters. The van der Waals surface area contributed by atoms with Gasteiger partial charge in [-0.3, -0.25) is 0 Å². The van der Waals surface area contributed by atoms with Gasteiger partial charge in [0.05, 0.1) is 17.6 Å². The number of para-hydroxylation sites is 2. The molecule has 1 aromatic heterocycles. The summed E-state index contributed by atoms with van der Waals surface area (Å²) in [5.74, 6) is 2.42. The van der Waals surface area contributed by atoms with Crippen LogP contribution in [0.2, 0.25) is 0 Å². The molecule has 0 bridgehead atoms. The molecule has 0 fully saturated rings. The van der Waals surface area contributed by atoms with Gasteiger partial charge < -0.3 is 9.88 Å². The molecule has 3 nitrogen and oxygen atoms in total. The summed E-state index contributed by atoms with van der Waals surface area (Å²) in [6.07, 6.45) is 5.84. The number of imidazole rings is 1. The second-order valence-corrected chi connectivity index (χ2v) is 6.03. The molecule has 2 aromatic rings. The normalized spacial score (nSPS) is 11.3. The number of hydrogen-bond donors (Lipinski definition) is 1. The van der Waals surface area contributed by atoms with E-state index in [-0.39, 0.29) is 0 Å². The topological polar surface area (TPSA) is 29.9 Å². The van der Waals surface area contributed by atoms with Crippen LogP contribution < -0.4 is 5.32 Å². The van der Waals surface area contributed by atoms with Crippen LogP contribution in [0.1, 0.15) is 32.0 Å². The summed E-state index contributed by atoms with van der Waals surface area (Å²) in [7, 11) is 0. The maximum absolute atomic E-state index is 4.76. The van der Waals surface area contributed by atoms with E-state index in [1.165, 1.54) is 24.1 Å². The van der Waals surface area contributed by atoms with Crippen molar-refractivity contribution in [1.29, 1.82) is 0 Å². The largest absolute Gasteiger partial charge is 0.327 e. The van der Waals surface area contributed by atoms with Crippen LogP contribution in [0.25, 0.3) is 11.0 Å². The highest BCUT2D eigenvalue weighted by Crippen LogP contribution is 2.16. The van der Waals surface area contributed by atoms with Crippen LogP contribution in [0.4, 0.5) is 0 Å². The third-order valence-corrected chi connectivity index (χ3v) is 4.11. The van der Waals surface area contributed by atoms with Crippen molar-refractivity contribution in [3.05, 3.63) is 30.1 Å². The Morgan fingerprint density at radius 2 is 2.10 bits per heavy atom. The van der Waals surface area contributed by atoms with E-state index >= 15 is 0 Å². The monoisotopic (exact) mass is 291 g/mol. The molecule has 1 heterocycles. The maximum Gasteiger partial charge on any atom is 0.123 e. The first-order valence-electron chi connectivity index (χ1n) is 7.50. The number of aromatic nitrogens is 2. The molecule has 0 aliphatic carbocycles. The predicted molar refractivity (Wildman–Crippen MR) is 89.3 cm³/mol. The average molecular weight is 291 g/mol. The van der Waals surface area contributed by atoms with Gasteiger partial charge in [0, 0.05) is 6.54 Å². The summed E-state index contributed by atoms with van der Waals surface area (Å²) >= 11 is 1.92. The van der Waals surface area contributed by atoms with E-state index in [2.05, 4.69) is 47.3 Å². The van der Waals surface area contributed by atoms with Gasteiger partial charge in [0.15, 0.2) is 0 Å². The van der Waals surface area contributed by atoms with Crippen molar-refractivity contribution in [3.63, 3.8) is 0 Å². The van der Waals surface area contributed by atoms with Gasteiger partial charge in [-0.05, 0) is 49.9 Å². The smallest absolute Gasteiger partial charge is 0.123 e. The summed E-state index contributed by atoms with van der Waals surface area (Å²) in [5.41, 5.74) is 2.37. The number of unbranched alkanes of at least 4 members (excludes halogenated alkanes) is 1. The van der Waals surface area contributed by atoms with Gasteiger partial charge in [-0.2, -0.15) is 11.8 Å². The summed E-state index contributed by atoms with van der Waals surface area (Å²) in [6, 6.07) is 8.42. The van der Waals surface area contributed by atoms with Crippen molar-refractivity contribution in [2.45, 2.75) is 39.3 Å². The van der Waals surface area contributed by atoms with Crippen molar-refractivity contribution in [3.8, 4) is 0 Å². The first-order valence-corrected chi connectivity index (χ1v) is 8.90. The van der Waals surface area contributed by atoms with Crippen LogP contribution in [0.5, 0.6) is 0 Å². The lowest BCUT2D eigenvalue weighted by atomic mass is 10.3. The van der Waals surface area contributed by atoms with Crippen LogP contribution in [-0.2, 0) is 13.1 Å². The Morgan fingerprint density at radius 1 is 1.25 bits per heavy atom. The number of fused-ring (bicyclic) bond motifs is 1. The quantitative estimate of drug-likeness (QED) is 0.715. The minimum absolute atomic E-state index is 0.869. The lowest BCUT2D eigenvalue weighted by Gasteiger charge is -2.08. The van der Waals surface area contributed by atoms with Gasteiger partial charge in [-0.1, -0.05) is 19.1 Å². The van der Waals surface area contributed by atoms with Crippen LogP contribution in [0, 0.1) is 0 Å². The van der Waals surface area contributed by atoms with Crippen molar-refractivity contribution in [2.75, 3.05) is 18.6 Å². The minimum Gasteiger partial charge on any atom is -0.327 e. The van der Waals surface area contributed by atoms with E-state index in [0.29, 0.717) is 0 Å². The lowest BCUT2D eigenvalue weighted by Crippen LogP contribution is -2.18. The number of hydrogen-bond acceptors (Lipinski definition) is 3. The number of nitrogens with zero attached hydrogens (tertiary/aromatic N) is 2. The van der Waals surface area contributed by atoms with E-state index in [1.807, 2.05) is 11.8 Å². The van der Waals surface area contributed by atoms with Crippen molar-refractivity contribution >= 4 is 22.8 Å². The van der Waals surface area contributed by atoms with E-state index in [1.54, 1.807) is 0 Å². The Kier molecular flexibility index (Phi) is 6.40. The molecule has 0 spiro atoms. The van der Waals surface area contributed by atoms with Crippen LogP contribution in [0.3, 0.4) is 0 Å². The van der Waals surface area contributed by atoms with Gasteiger partial charge in [-0.15, -0.1) is 0 Å². The summed E-state index contributed by atoms with van der Waals surface area (Å²) < 4.78 is 2.35. The molecule has 2 rings (SSSR count). The molecule has 0 saturated carbocycles. The minimum atomic E-state index is 0.869. The second kappa shape index (κ2) is 8.32. The van der Waals surface area contributed by atoms with Crippen molar-refractivity contribution in [1.82, 2.24) is 14.9 Å². The van der Waals surface area contributed by atoms with Gasteiger partial charge in [-0.25, -0.2) is 4.98 Å². The summed E-state index contributed by atoms with van der Waals surface area (Å²) in [6.45, 7) is 5.21. The van der Waals surface area contributed by atoms with Crippen molar-refractivity contribution < 1.29 is 0 Å². The highest BCUT2D eigenvalue weighted by molar-refractivity contribution is 7.98. The number of aryl methyl sites for hydroxylation is 1. The molecular formula is C16H25N3S. The van der Waals surface area contributed by atoms with E-state index in [0.717, 1.165) is 37.4 Å². The van der Waals surface area contributed by atoms with Gasteiger partial charge in [0.1, 0.15) is 5.82 Å². The van der Waals surface area contributed by atoms with Crippen LogP contribution in [0.15, 0.2) is 24.3 Å². The SMILES string of the molecule is CCCn1c(CNCCCCSC)nc2ccccc21. The molecule has 4 heteroatoms. The molecule has 0 aliphatic heterocycles. The second-order valence-electron chi connectivity index (χ2n) is 5.05. The Morgan fingerprint density at radius 3 is 2.90 bits per heavy atom. The predicted octanol–water partition coefficient (Wildman–Crippen LogP) is 3.68. The zero-order valence-electron chi connectivity index (χ0n) is 12.6. The first-order chi connectivity index (χ1) is 9.86. The molecule has 1 N–H and O–H groups in total. The molecule has 0 saturated heterocycles. The number of thioether (sulfide) groups is 1. The number of benzene rings is 1. The zero-order valence-corrected chi connectivity index (χ0v) is 13.4. The standard InChI is InChI=1S/C16H25N3S/c1-3-11-19-15-9-5-4-8-14(15)18-16(19)13-17-10-6-7-12-20-2/h4-5,8-9,17H,3,6-7,10-13H2,1-2H3.